The maximum Gasteiger partial charge on any atom is 0.194 e. The fraction of sp³-hybridized carbons (Fsp3) is 0.0323. The lowest BCUT2D eigenvalue weighted by Gasteiger charge is -2.37. The van der Waals surface area contributed by atoms with Crippen LogP contribution in [0.25, 0.3) is 28.0 Å². The quantitative estimate of drug-likeness (QED) is 0.265. The summed E-state index contributed by atoms with van der Waals surface area (Å²) in [6.07, 6.45) is 3.23. The van der Waals surface area contributed by atoms with Gasteiger partial charge in [0.15, 0.2) is 23.1 Å². The van der Waals surface area contributed by atoms with Crippen molar-refractivity contribution in [2.45, 2.75) is 5.60 Å². The van der Waals surface area contributed by atoms with Gasteiger partial charge in [0.05, 0.1) is 5.56 Å². The van der Waals surface area contributed by atoms with Gasteiger partial charge in [-0.1, -0.05) is 84.9 Å². The first kappa shape index (κ1) is 22.0. The molecule has 0 saturated heterocycles. The topological polar surface area (TPSA) is 29.5 Å². The molecule has 1 heterocycles. The number of hydrogen-bond donors (Lipinski definition) is 1. The Labute approximate surface area is 205 Å². The van der Waals surface area contributed by atoms with Crippen molar-refractivity contribution in [2.75, 3.05) is 0 Å². The highest BCUT2D eigenvalue weighted by atomic mass is 19.2. The molecule has 36 heavy (non-hydrogen) atoms. The van der Waals surface area contributed by atoms with E-state index in [1.165, 1.54) is 6.07 Å². The molecule has 5 aromatic carbocycles. The molecule has 1 N–H and O–H groups in total. The van der Waals surface area contributed by atoms with Crippen LogP contribution in [0.2, 0.25) is 0 Å². The predicted octanol–water partition coefficient (Wildman–Crippen LogP) is 7.98. The largest absolute Gasteiger partial charge is 0.507 e. The van der Waals surface area contributed by atoms with Crippen LogP contribution in [0.1, 0.15) is 16.7 Å². The maximum absolute atomic E-state index is 15.3. The third kappa shape index (κ3) is 3.20. The molecule has 6 rings (SSSR count). The van der Waals surface area contributed by atoms with Crippen LogP contribution in [0.3, 0.4) is 0 Å². The van der Waals surface area contributed by atoms with Crippen molar-refractivity contribution in [3.05, 3.63) is 137 Å². The Morgan fingerprint density at radius 2 is 1.31 bits per heavy atom. The van der Waals surface area contributed by atoms with Crippen molar-refractivity contribution in [1.82, 2.24) is 0 Å². The van der Waals surface area contributed by atoms with Gasteiger partial charge in [-0.15, -0.1) is 0 Å². The van der Waals surface area contributed by atoms with Gasteiger partial charge in [0.2, 0.25) is 0 Å². The number of aromatic hydroxyl groups is 1. The van der Waals surface area contributed by atoms with Crippen LogP contribution in [0.15, 0.2) is 103 Å². The minimum absolute atomic E-state index is 0.0126. The second-order valence-corrected chi connectivity index (χ2v) is 8.64. The second kappa shape index (κ2) is 8.31. The average Bonchev–Trinajstić information content (AvgIpc) is 2.93. The summed E-state index contributed by atoms with van der Waals surface area (Å²) >= 11 is 0. The molecule has 0 amide bonds. The van der Waals surface area contributed by atoms with Crippen molar-refractivity contribution in [1.29, 1.82) is 0 Å². The van der Waals surface area contributed by atoms with E-state index in [9.17, 15) is 13.9 Å². The van der Waals surface area contributed by atoms with E-state index in [1.807, 2.05) is 54.6 Å². The van der Waals surface area contributed by atoms with Crippen molar-refractivity contribution >= 4 is 16.8 Å². The molecule has 0 aromatic heterocycles. The van der Waals surface area contributed by atoms with E-state index in [0.29, 0.717) is 27.8 Å². The third-order valence-electron chi connectivity index (χ3n) is 6.63. The van der Waals surface area contributed by atoms with Gasteiger partial charge in [-0.05, 0) is 35.2 Å². The van der Waals surface area contributed by atoms with Crippen molar-refractivity contribution in [3.63, 3.8) is 0 Å². The second-order valence-electron chi connectivity index (χ2n) is 8.64. The van der Waals surface area contributed by atoms with Gasteiger partial charge >= 0.3 is 0 Å². The Morgan fingerprint density at radius 3 is 2.03 bits per heavy atom. The zero-order valence-corrected chi connectivity index (χ0v) is 18.9. The molecule has 1 atom stereocenters. The molecule has 2 nitrogen and oxygen atoms in total. The first-order chi connectivity index (χ1) is 17.5. The zero-order valence-electron chi connectivity index (χ0n) is 18.9. The van der Waals surface area contributed by atoms with E-state index in [1.54, 1.807) is 42.5 Å². The van der Waals surface area contributed by atoms with Gasteiger partial charge in [0.25, 0.3) is 0 Å². The Morgan fingerprint density at radius 1 is 0.667 bits per heavy atom. The molecule has 0 fully saturated rings. The number of phenols is 1. The van der Waals surface area contributed by atoms with Crippen molar-refractivity contribution in [2.24, 2.45) is 0 Å². The number of ether oxygens (including phenoxy) is 1. The van der Waals surface area contributed by atoms with Crippen molar-refractivity contribution in [3.8, 4) is 22.6 Å². The van der Waals surface area contributed by atoms with E-state index in [-0.39, 0.29) is 11.3 Å². The van der Waals surface area contributed by atoms with Gasteiger partial charge in [-0.2, -0.15) is 0 Å². The fourth-order valence-electron chi connectivity index (χ4n) is 4.93. The minimum Gasteiger partial charge on any atom is -0.507 e. The van der Waals surface area contributed by atoms with Gasteiger partial charge in [-0.25, -0.2) is 13.2 Å². The number of fused-ring (bicyclic) bond motifs is 3. The summed E-state index contributed by atoms with van der Waals surface area (Å²) in [5.41, 5.74) is 0.634. The highest BCUT2D eigenvalue weighted by Gasteiger charge is 2.42. The molecule has 0 radical (unpaired) electrons. The van der Waals surface area contributed by atoms with Gasteiger partial charge < -0.3 is 9.84 Å². The van der Waals surface area contributed by atoms with E-state index < -0.39 is 23.1 Å². The summed E-state index contributed by atoms with van der Waals surface area (Å²) in [5.74, 6) is -3.86. The zero-order chi connectivity index (χ0) is 24.9. The Balaban J connectivity index is 1.67. The smallest absolute Gasteiger partial charge is 0.194 e. The fourth-order valence-corrected chi connectivity index (χ4v) is 4.93. The normalized spacial score (nSPS) is 16.5. The van der Waals surface area contributed by atoms with Crippen LogP contribution in [0.5, 0.6) is 11.5 Å². The summed E-state index contributed by atoms with van der Waals surface area (Å²) in [4.78, 5) is 0. The molecule has 176 valence electrons. The van der Waals surface area contributed by atoms with E-state index >= 15 is 4.39 Å². The molecule has 0 spiro atoms. The molecule has 5 heteroatoms. The molecule has 0 aliphatic carbocycles. The summed E-state index contributed by atoms with van der Waals surface area (Å²) < 4.78 is 50.1. The van der Waals surface area contributed by atoms with Crippen molar-refractivity contribution < 1.29 is 23.0 Å². The summed E-state index contributed by atoms with van der Waals surface area (Å²) in [5, 5.41) is 12.8. The maximum atomic E-state index is 15.3. The highest BCUT2D eigenvalue weighted by Crippen LogP contribution is 2.52. The number of rotatable bonds is 3. The lowest BCUT2D eigenvalue weighted by molar-refractivity contribution is 0.156. The monoisotopic (exact) mass is 480 g/mol. The summed E-state index contributed by atoms with van der Waals surface area (Å²) in [6.45, 7) is 0. The standard InChI is InChI=1S/C31H19F3O2/c32-25-16-15-24(27(33)28(25)34)31(20-11-5-2-6-12-20)18-17-23-29(35)26(19-9-3-1-4-10-19)21-13-7-8-14-22(21)30(23)36-31/h1-18,35H. The Kier molecular flexibility index (Phi) is 5.07. The molecule has 1 aliphatic rings. The van der Waals surface area contributed by atoms with E-state index in [0.717, 1.165) is 17.0 Å². The average molecular weight is 480 g/mol. The van der Waals surface area contributed by atoms with Crippen LogP contribution in [0, 0.1) is 17.5 Å². The molecule has 1 unspecified atom stereocenters. The molecule has 1 aliphatic heterocycles. The third-order valence-corrected chi connectivity index (χ3v) is 6.63. The lowest BCUT2D eigenvalue weighted by atomic mass is 9.82. The van der Waals surface area contributed by atoms with Gasteiger partial charge in [-0.3, -0.25) is 0 Å². The van der Waals surface area contributed by atoms with Gasteiger partial charge in [0, 0.05) is 22.1 Å². The van der Waals surface area contributed by atoms with Crippen LogP contribution in [-0.4, -0.2) is 5.11 Å². The molecule has 0 bridgehead atoms. The SMILES string of the molecule is Oc1c2c(c3ccccc3c1-c1ccccc1)OC(c1ccccc1)(c1ccc(F)c(F)c1F)C=C2. The van der Waals surface area contributed by atoms with E-state index in [4.69, 9.17) is 4.74 Å². The van der Waals surface area contributed by atoms with Gasteiger partial charge in [0.1, 0.15) is 11.5 Å². The Bertz CT molecular complexity index is 1650. The van der Waals surface area contributed by atoms with Crippen LogP contribution in [-0.2, 0) is 5.60 Å². The number of halogens is 3. The molecule has 5 aromatic rings. The molecule has 0 saturated carbocycles. The first-order valence-electron chi connectivity index (χ1n) is 11.4. The Hall–Kier alpha value is -4.51. The number of phenolic OH excluding ortho intramolecular Hbond substituents is 1. The summed E-state index contributed by atoms with van der Waals surface area (Å²) in [6, 6.07) is 27.8. The molecular formula is C31H19F3O2. The highest BCUT2D eigenvalue weighted by molar-refractivity contribution is 6.06. The van der Waals surface area contributed by atoms with Crippen LogP contribution in [0.4, 0.5) is 13.2 Å². The first-order valence-corrected chi connectivity index (χ1v) is 11.4. The van der Waals surface area contributed by atoms with Crippen LogP contribution >= 0.6 is 0 Å². The summed E-state index contributed by atoms with van der Waals surface area (Å²) in [7, 11) is 0. The number of benzene rings is 5. The molecular weight excluding hydrogens is 461 g/mol. The van der Waals surface area contributed by atoms with E-state index in [2.05, 4.69) is 0 Å². The number of hydrogen-bond acceptors (Lipinski definition) is 2. The predicted molar refractivity (Wildman–Crippen MR) is 134 cm³/mol. The minimum atomic E-state index is -1.60. The lowest BCUT2D eigenvalue weighted by Crippen LogP contribution is -2.35. The van der Waals surface area contributed by atoms with Crippen LogP contribution < -0.4 is 4.74 Å².